The van der Waals surface area contributed by atoms with Crippen LogP contribution >= 0.6 is 0 Å². The molecule has 0 aromatic heterocycles. The Balaban J connectivity index is 1.91. The van der Waals surface area contributed by atoms with Crippen molar-refractivity contribution in [1.29, 1.82) is 0 Å². The summed E-state index contributed by atoms with van der Waals surface area (Å²) < 4.78 is 0. The fraction of sp³-hybridized carbons (Fsp3) is 1.00. The first-order valence-electron chi connectivity index (χ1n) is 7.26. The Kier molecular flexibility index (Phi) is 2.41. The van der Waals surface area contributed by atoms with Gasteiger partial charge in [-0.1, -0.05) is 13.8 Å². The van der Waals surface area contributed by atoms with Crippen LogP contribution < -0.4 is 5.32 Å². The molecule has 0 aromatic carbocycles. The molecule has 4 rings (SSSR count). The zero-order valence-corrected chi connectivity index (χ0v) is 11.2. The molecule has 0 aliphatic heterocycles. The molecule has 1 N–H and O–H groups in total. The molecule has 4 aliphatic carbocycles. The predicted molar refractivity (Wildman–Crippen MR) is 68.4 cm³/mol. The molecule has 4 fully saturated rings. The Hall–Kier alpha value is -0.0400. The molecule has 4 aliphatic rings. The van der Waals surface area contributed by atoms with E-state index in [1.165, 1.54) is 38.5 Å². The van der Waals surface area contributed by atoms with Crippen LogP contribution in [0.1, 0.15) is 58.8 Å². The minimum Gasteiger partial charge on any atom is -0.316 e. The summed E-state index contributed by atoms with van der Waals surface area (Å²) in [7, 11) is 2.18. The van der Waals surface area contributed by atoms with Crippen molar-refractivity contribution in [3.05, 3.63) is 0 Å². The van der Waals surface area contributed by atoms with E-state index in [1.54, 1.807) is 6.42 Å². The van der Waals surface area contributed by atoms with Gasteiger partial charge in [0.2, 0.25) is 0 Å². The van der Waals surface area contributed by atoms with Crippen molar-refractivity contribution >= 4 is 0 Å². The van der Waals surface area contributed by atoms with Gasteiger partial charge in [0.25, 0.3) is 0 Å². The van der Waals surface area contributed by atoms with Crippen molar-refractivity contribution in [2.24, 2.45) is 22.7 Å². The highest BCUT2D eigenvalue weighted by molar-refractivity contribution is 5.09. The minimum absolute atomic E-state index is 0.669. The van der Waals surface area contributed by atoms with Gasteiger partial charge in [0.15, 0.2) is 0 Å². The van der Waals surface area contributed by atoms with Crippen LogP contribution in [0.3, 0.4) is 0 Å². The molecule has 92 valence electrons. The average molecular weight is 221 g/mol. The van der Waals surface area contributed by atoms with Crippen LogP contribution in [0.5, 0.6) is 0 Å². The first-order chi connectivity index (χ1) is 7.59. The zero-order valence-electron chi connectivity index (χ0n) is 11.2. The van der Waals surface area contributed by atoms with E-state index in [4.69, 9.17) is 0 Å². The Labute approximate surface area is 100 Å². The number of nitrogens with one attached hydrogen (secondary N) is 1. The van der Waals surface area contributed by atoms with Gasteiger partial charge in [0.05, 0.1) is 0 Å². The fourth-order valence-electron chi connectivity index (χ4n) is 6.15. The number of hydrogen-bond donors (Lipinski definition) is 1. The van der Waals surface area contributed by atoms with Gasteiger partial charge in [0, 0.05) is 6.04 Å². The molecule has 3 unspecified atom stereocenters. The van der Waals surface area contributed by atoms with Crippen LogP contribution in [0, 0.1) is 22.7 Å². The van der Waals surface area contributed by atoms with Gasteiger partial charge in [0.1, 0.15) is 0 Å². The van der Waals surface area contributed by atoms with Crippen LogP contribution in [0.2, 0.25) is 0 Å². The van der Waals surface area contributed by atoms with Crippen molar-refractivity contribution < 1.29 is 0 Å². The van der Waals surface area contributed by atoms with Crippen molar-refractivity contribution in [1.82, 2.24) is 5.32 Å². The van der Waals surface area contributed by atoms with Crippen LogP contribution in [0.15, 0.2) is 0 Å². The molecule has 1 nitrogen and oxygen atoms in total. The molecule has 0 amide bonds. The van der Waals surface area contributed by atoms with Gasteiger partial charge in [-0.15, -0.1) is 0 Å². The summed E-state index contributed by atoms with van der Waals surface area (Å²) in [4.78, 5) is 0. The minimum atomic E-state index is 0.669. The highest BCUT2D eigenvalue weighted by atomic mass is 14.9. The van der Waals surface area contributed by atoms with Crippen LogP contribution in [-0.4, -0.2) is 13.1 Å². The highest BCUT2D eigenvalue weighted by Gasteiger charge is 2.57. The van der Waals surface area contributed by atoms with E-state index in [1.807, 2.05) is 0 Å². The van der Waals surface area contributed by atoms with E-state index in [0.29, 0.717) is 10.8 Å². The highest BCUT2D eigenvalue weighted by Crippen LogP contribution is 2.66. The molecule has 4 bridgehead atoms. The van der Waals surface area contributed by atoms with Gasteiger partial charge >= 0.3 is 0 Å². The molecule has 0 radical (unpaired) electrons. The van der Waals surface area contributed by atoms with Crippen molar-refractivity contribution in [2.45, 2.75) is 64.8 Å². The molecule has 0 aromatic rings. The molecular weight excluding hydrogens is 194 g/mol. The Morgan fingerprint density at radius 2 is 1.81 bits per heavy atom. The molecule has 0 saturated heterocycles. The molecule has 0 spiro atoms. The Morgan fingerprint density at radius 1 is 1.19 bits per heavy atom. The Bertz CT molecular complexity index is 265. The standard InChI is InChI=1S/C15H27N/c1-4-13(16-3)15-8-11-5-12(9-15)7-14(2,6-11)10-15/h11-13,16H,4-10H2,1-3H3. The van der Waals surface area contributed by atoms with E-state index in [2.05, 4.69) is 26.2 Å². The second kappa shape index (κ2) is 3.48. The average Bonchev–Trinajstić information content (AvgIpc) is 2.14. The lowest BCUT2D eigenvalue weighted by atomic mass is 9.43. The van der Waals surface area contributed by atoms with Crippen LogP contribution in [-0.2, 0) is 0 Å². The number of hydrogen-bond acceptors (Lipinski definition) is 1. The second-order valence-corrected chi connectivity index (χ2v) is 7.38. The summed E-state index contributed by atoms with van der Waals surface area (Å²) in [6.45, 7) is 4.93. The van der Waals surface area contributed by atoms with E-state index in [0.717, 1.165) is 17.9 Å². The van der Waals surface area contributed by atoms with Gasteiger partial charge in [-0.3, -0.25) is 0 Å². The van der Waals surface area contributed by atoms with Crippen molar-refractivity contribution in [3.8, 4) is 0 Å². The summed E-state index contributed by atoms with van der Waals surface area (Å²) in [5.41, 5.74) is 1.37. The topological polar surface area (TPSA) is 12.0 Å². The van der Waals surface area contributed by atoms with Gasteiger partial charge in [-0.25, -0.2) is 0 Å². The fourth-order valence-corrected chi connectivity index (χ4v) is 6.15. The maximum absolute atomic E-state index is 3.63. The van der Waals surface area contributed by atoms with E-state index < -0.39 is 0 Å². The lowest BCUT2D eigenvalue weighted by Crippen LogP contribution is -2.58. The summed E-state index contributed by atoms with van der Waals surface area (Å²) >= 11 is 0. The molecule has 16 heavy (non-hydrogen) atoms. The summed E-state index contributed by atoms with van der Waals surface area (Å²) in [5, 5.41) is 3.63. The quantitative estimate of drug-likeness (QED) is 0.768. The van der Waals surface area contributed by atoms with Gasteiger partial charge in [-0.05, 0) is 74.7 Å². The molecule has 1 heteroatoms. The normalized spacial score (nSPS) is 51.9. The third kappa shape index (κ3) is 1.47. The summed E-state index contributed by atoms with van der Waals surface area (Å²) in [6, 6.07) is 0.776. The molecule has 4 saturated carbocycles. The van der Waals surface area contributed by atoms with E-state index >= 15 is 0 Å². The second-order valence-electron chi connectivity index (χ2n) is 7.38. The lowest BCUT2D eigenvalue weighted by Gasteiger charge is -2.63. The summed E-state index contributed by atoms with van der Waals surface area (Å²) in [6.07, 6.45) is 10.5. The third-order valence-electron chi connectivity index (χ3n) is 5.89. The van der Waals surface area contributed by atoms with Gasteiger partial charge < -0.3 is 5.32 Å². The van der Waals surface area contributed by atoms with Crippen molar-refractivity contribution in [3.63, 3.8) is 0 Å². The maximum Gasteiger partial charge on any atom is 0.0118 e. The smallest absolute Gasteiger partial charge is 0.0118 e. The predicted octanol–water partition coefficient (Wildman–Crippen LogP) is 3.59. The maximum atomic E-state index is 3.63. The van der Waals surface area contributed by atoms with E-state index in [9.17, 15) is 0 Å². The Morgan fingerprint density at radius 3 is 2.25 bits per heavy atom. The van der Waals surface area contributed by atoms with Crippen LogP contribution in [0.25, 0.3) is 0 Å². The van der Waals surface area contributed by atoms with Crippen LogP contribution in [0.4, 0.5) is 0 Å². The number of rotatable bonds is 3. The van der Waals surface area contributed by atoms with Crippen molar-refractivity contribution in [2.75, 3.05) is 7.05 Å². The molecule has 0 heterocycles. The monoisotopic (exact) mass is 221 g/mol. The molecule has 3 atom stereocenters. The molecular formula is C15H27N. The lowest BCUT2D eigenvalue weighted by molar-refractivity contribution is -0.117. The van der Waals surface area contributed by atoms with E-state index in [-0.39, 0.29) is 0 Å². The third-order valence-corrected chi connectivity index (χ3v) is 5.89. The largest absolute Gasteiger partial charge is 0.316 e. The zero-order chi connectivity index (χ0) is 11.4. The first kappa shape index (κ1) is 11.1. The first-order valence-corrected chi connectivity index (χ1v) is 7.26. The SMILES string of the molecule is CCC(NC)C12CC3CC(CC(C)(C3)C1)C2. The summed E-state index contributed by atoms with van der Waals surface area (Å²) in [5.74, 6) is 2.13. The van der Waals surface area contributed by atoms with Gasteiger partial charge in [-0.2, -0.15) is 0 Å².